The summed E-state index contributed by atoms with van der Waals surface area (Å²) in [5.74, 6) is -1.72. The molecule has 2 heterocycles. The van der Waals surface area contributed by atoms with Crippen LogP contribution < -0.4 is 10.1 Å². The van der Waals surface area contributed by atoms with Crippen molar-refractivity contribution >= 4 is 23.6 Å². The molecule has 7 heteroatoms. The number of nitrogens with one attached hydrogen (secondary N) is 1. The summed E-state index contributed by atoms with van der Waals surface area (Å²) in [6, 6.07) is 3.92. The van der Waals surface area contributed by atoms with Crippen molar-refractivity contribution in [1.29, 1.82) is 0 Å². The molecule has 132 valence electrons. The van der Waals surface area contributed by atoms with E-state index in [0.717, 1.165) is 17.7 Å². The molecule has 25 heavy (non-hydrogen) atoms. The van der Waals surface area contributed by atoms with Crippen LogP contribution in [0.4, 0.5) is 0 Å². The number of piperidine rings is 1. The van der Waals surface area contributed by atoms with Crippen LogP contribution in [0.2, 0.25) is 0 Å². The van der Waals surface area contributed by atoms with Crippen molar-refractivity contribution in [3.63, 3.8) is 0 Å². The summed E-state index contributed by atoms with van der Waals surface area (Å²) in [6.45, 7) is 3.97. The number of imide groups is 2. The Bertz CT molecular complexity index is 754. The standard InChI is InChI=1S/C18H20N2O5/c1-3-10(4-2)25-13-7-5-6-11-15(13)18(24)20(17(11)23)12-8-9-14(21)19-16(12)22/h5-7,10,12H,3-4,8-9H2,1-2H3,(H,19,21,22). The van der Waals surface area contributed by atoms with Crippen LogP contribution in [0.5, 0.6) is 5.75 Å². The number of hydrogen-bond donors (Lipinski definition) is 1. The Hall–Kier alpha value is -2.70. The van der Waals surface area contributed by atoms with Crippen LogP contribution in [0.25, 0.3) is 0 Å². The van der Waals surface area contributed by atoms with Crippen molar-refractivity contribution in [1.82, 2.24) is 10.2 Å². The van der Waals surface area contributed by atoms with Crippen molar-refractivity contribution in [3.8, 4) is 5.75 Å². The predicted molar refractivity (Wildman–Crippen MR) is 88.1 cm³/mol. The van der Waals surface area contributed by atoms with Gasteiger partial charge in [-0.2, -0.15) is 0 Å². The zero-order valence-electron chi connectivity index (χ0n) is 14.2. The molecule has 2 aliphatic heterocycles. The molecule has 0 bridgehead atoms. The molecule has 2 aliphatic rings. The first-order valence-electron chi connectivity index (χ1n) is 8.49. The summed E-state index contributed by atoms with van der Waals surface area (Å²) in [6.07, 6.45) is 1.73. The average molecular weight is 344 g/mol. The fourth-order valence-electron chi connectivity index (χ4n) is 3.22. The highest BCUT2D eigenvalue weighted by Crippen LogP contribution is 2.34. The summed E-state index contributed by atoms with van der Waals surface area (Å²) in [4.78, 5) is 49.9. The van der Waals surface area contributed by atoms with Gasteiger partial charge in [0.25, 0.3) is 11.8 Å². The Kier molecular flexibility index (Phi) is 4.57. The molecule has 0 radical (unpaired) electrons. The molecular formula is C18H20N2O5. The Morgan fingerprint density at radius 2 is 1.88 bits per heavy atom. The van der Waals surface area contributed by atoms with Crippen LogP contribution in [0, 0.1) is 0 Å². The predicted octanol–water partition coefficient (Wildman–Crippen LogP) is 1.66. The van der Waals surface area contributed by atoms with Gasteiger partial charge in [0.2, 0.25) is 11.8 Å². The molecule has 0 spiro atoms. The minimum absolute atomic E-state index is 0.0564. The summed E-state index contributed by atoms with van der Waals surface area (Å²) in [5.41, 5.74) is 0.433. The van der Waals surface area contributed by atoms with Gasteiger partial charge in [-0.25, -0.2) is 0 Å². The van der Waals surface area contributed by atoms with E-state index in [4.69, 9.17) is 4.74 Å². The van der Waals surface area contributed by atoms with Gasteiger partial charge < -0.3 is 4.74 Å². The zero-order chi connectivity index (χ0) is 18.1. The first kappa shape index (κ1) is 17.1. The van der Waals surface area contributed by atoms with Crippen LogP contribution in [0.15, 0.2) is 18.2 Å². The second-order valence-electron chi connectivity index (χ2n) is 6.18. The second kappa shape index (κ2) is 6.66. The lowest BCUT2D eigenvalue weighted by Gasteiger charge is -2.27. The molecule has 1 aromatic rings. The summed E-state index contributed by atoms with van der Waals surface area (Å²) < 4.78 is 5.90. The SMILES string of the molecule is CCC(CC)Oc1cccc2c1C(=O)N(C1CCC(=O)NC1=O)C2=O. The lowest BCUT2D eigenvalue weighted by molar-refractivity contribution is -0.136. The van der Waals surface area contributed by atoms with E-state index in [0.29, 0.717) is 5.75 Å². The lowest BCUT2D eigenvalue weighted by Crippen LogP contribution is -2.54. The van der Waals surface area contributed by atoms with E-state index in [-0.39, 0.29) is 30.1 Å². The van der Waals surface area contributed by atoms with Gasteiger partial charge in [-0.3, -0.25) is 29.4 Å². The first-order chi connectivity index (χ1) is 12.0. The Labute approximate surface area is 145 Å². The van der Waals surface area contributed by atoms with Crippen LogP contribution >= 0.6 is 0 Å². The highest BCUT2D eigenvalue weighted by atomic mass is 16.5. The van der Waals surface area contributed by atoms with E-state index in [1.54, 1.807) is 18.2 Å². The van der Waals surface area contributed by atoms with Crippen molar-refractivity contribution in [2.45, 2.75) is 51.7 Å². The molecule has 3 rings (SSSR count). The van der Waals surface area contributed by atoms with E-state index in [9.17, 15) is 19.2 Å². The van der Waals surface area contributed by atoms with Gasteiger partial charge in [0.1, 0.15) is 11.8 Å². The van der Waals surface area contributed by atoms with Crippen molar-refractivity contribution in [2.75, 3.05) is 0 Å². The lowest BCUT2D eigenvalue weighted by atomic mass is 10.0. The number of benzene rings is 1. The number of fused-ring (bicyclic) bond motifs is 1. The van der Waals surface area contributed by atoms with Gasteiger partial charge in [0, 0.05) is 6.42 Å². The first-order valence-corrected chi connectivity index (χ1v) is 8.49. The topological polar surface area (TPSA) is 92.8 Å². The summed E-state index contributed by atoms with van der Waals surface area (Å²) >= 11 is 0. The smallest absolute Gasteiger partial charge is 0.266 e. The maximum absolute atomic E-state index is 12.9. The highest BCUT2D eigenvalue weighted by molar-refractivity contribution is 6.24. The number of amides is 4. The molecule has 7 nitrogen and oxygen atoms in total. The summed E-state index contributed by atoms with van der Waals surface area (Å²) in [7, 11) is 0. The Balaban J connectivity index is 1.94. The molecule has 4 amide bonds. The maximum Gasteiger partial charge on any atom is 0.266 e. The third kappa shape index (κ3) is 2.90. The number of hydrogen-bond acceptors (Lipinski definition) is 5. The minimum atomic E-state index is -0.967. The Morgan fingerprint density at radius 1 is 1.16 bits per heavy atom. The summed E-state index contributed by atoms with van der Waals surface area (Å²) in [5, 5.41) is 2.18. The quantitative estimate of drug-likeness (QED) is 0.820. The molecule has 1 N–H and O–H groups in total. The highest BCUT2D eigenvalue weighted by Gasteiger charge is 2.46. The van der Waals surface area contributed by atoms with Gasteiger partial charge in [-0.1, -0.05) is 19.9 Å². The van der Waals surface area contributed by atoms with Gasteiger partial charge in [0.05, 0.1) is 17.2 Å². The van der Waals surface area contributed by atoms with Gasteiger partial charge in [-0.05, 0) is 31.4 Å². The van der Waals surface area contributed by atoms with E-state index in [1.807, 2.05) is 13.8 Å². The molecule has 1 atom stereocenters. The van der Waals surface area contributed by atoms with Crippen LogP contribution in [0.3, 0.4) is 0 Å². The van der Waals surface area contributed by atoms with Gasteiger partial charge in [0.15, 0.2) is 0 Å². The number of nitrogens with zero attached hydrogens (tertiary/aromatic N) is 1. The van der Waals surface area contributed by atoms with Crippen LogP contribution in [0.1, 0.15) is 60.2 Å². The van der Waals surface area contributed by atoms with Crippen LogP contribution in [-0.4, -0.2) is 40.7 Å². The molecule has 1 aromatic carbocycles. The molecule has 0 saturated carbocycles. The van der Waals surface area contributed by atoms with E-state index < -0.39 is 29.7 Å². The molecule has 1 saturated heterocycles. The molecule has 1 unspecified atom stereocenters. The van der Waals surface area contributed by atoms with Gasteiger partial charge in [-0.15, -0.1) is 0 Å². The minimum Gasteiger partial charge on any atom is -0.490 e. The van der Waals surface area contributed by atoms with E-state index >= 15 is 0 Å². The maximum atomic E-state index is 12.9. The van der Waals surface area contributed by atoms with Crippen molar-refractivity contribution in [3.05, 3.63) is 29.3 Å². The molecular weight excluding hydrogens is 324 g/mol. The normalized spacial score (nSPS) is 20.1. The third-order valence-electron chi connectivity index (χ3n) is 4.63. The number of rotatable bonds is 5. The molecule has 0 aliphatic carbocycles. The third-order valence-corrected chi connectivity index (χ3v) is 4.63. The second-order valence-corrected chi connectivity index (χ2v) is 6.18. The van der Waals surface area contributed by atoms with Gasteiger partial charge >= 0.3 is 0 Å². The van der Waals surface area contributed by atoms with Crippen molar-refractivity contribution < 1.29 is 23.9 Å². The fourth-order valence-corrected chi connectivity index (χ4v) is 3.22. The average Bonchev–Trinajstić information content (AvgIpc) is 2.85. The van der Waals surface area contributed by atoms with E-state index in [2.05, 4.69) is 5.32 Å². The van der Waals surface area contributed by atoms with Crippen molar-refractivity contribution in [2.24, 2.45) is 0 Å². The Morgan fingerprint density at radius 3 is 2.52 bits per heavy atom. The number of ether oxygens (including phenoxy) is 1. The molecule has 0 aromatic heterocycles. The number of carbonyl (C=O) groups excluding carboxylic acids is 4. The molecule has 1 fully saturated rings. The zero-order valence-corrected chi connectivity index (χ0v) is 14.2. The van der Waals surface area contributed by atoms with E-state index in [1.165, 1.54) is 0 Å². The largest absolute Gasteiger partial charge is 0.490 e. The monoisotopic (exact) mass is 344 g/mol. The number of carbonyl (C=O) groups is 4. The fraction of sp³-hybridized carbons (Fsp3) is 0.444. The van der Waals surface area contributed by atoms with Crippen LogP contribution in [-0.2, 0) is 9.59 Å².